The SMILES string of the molecule is CCC(=O)Nc1ccc(-c2[nH]c3cc(NC(=O)CC)ccc3[nH+]2)cc1.CCC(=O)[O-]. The third-order valence-electron chi connectivity index (χ3n) is 4.21. The Kier molecular flexibility index (Phi) is 8.10. The number of aromatic amines is 2. The van der Waals surface area contributed by atoms with E-state index < -0.39 is 5.97 Å². The number of carboxylic acids is 1. The molecule has 158 valence electrons. The summed E-state index contributed by atoms with van der Waals surface area (Å²) >= 11 is 0. The molecule has 0 bridgehead atoms. The second-order valence-electron chi connectivity index (χ2n) is 6.49. The Morgan fingerprint density at radius 2 is 1.40 bits per heavy atom. The highest BCUT2D eigenvalue weighted by molar-refractivity contribution is 5.93. The Hall–Kier alpha value is -3.68. The summed E-state index contributed by atoms with van der Waals surface area (Å²) < 4.78 is 0. The highest BCUT2D eigenvalue weighted by Crippen LogP contribution is 2.21. The lowest BCUT2D eigenvalue weighted by Gasteiger charge is -2.02. The summed E-state index contributed by atoms with van der Waals surface area (Å²) in [7, 11) is 0. The van der Waals surface area contributed by atoms with Crippen LogP contribution in [0.25, 0.3) is 22.4 Å². The maximum Gasteiger partial charge on any atom is 0.285 e. The van der Waals surface area contributed by atoms with Crippen LogP contribution in [-0.2, 0) is 14.4 Å². The molecule has 0 aliphatic heterocycles. The van der Waals surface area contributed by atoms with Crippen molar-refractivity contribution >= 4 is 40.2 Å². The third-order valence-corrected chi connectivity index (χ3v) is 4.21. The van der Waals surface area contributed by atoms with Gasteiger partial charge in [-0.1, -0.05) is 20.8 Å². The number of rotatable bonds is 6. The summed E-state index contributed by atoms with van der Waals surface area (Å²) in [6.45, 7) is 5.18. The molecule has 0 saturated heterocycles. The van der Waals surface area contributed by atoms with Crippen molar-refractivity contribution in [2.75, 3.05) is 10.6 Å². The first-order valence-electron chi connectivity index (χ1n) is 9.81. The summed E-state index contributed by atoms with van der Waals surface area (Å²) in [5.41, 5.74) is 4.38. The first-order chi connectivity index (χ1) is 14.4. The fourth-order valence-corrected chi connectivity index (χ4v) is 2.50. The van der Waals surface area contributed by atoms with Crippen molar-refractivity contribution < 1.29 is 24.5 Å². The first kappa shape index (κ1) is 22.6. The second kappa shape index (κ2) is 10.8. The minimum Gasteiger partial charge on any atom is -0.550 e. The number of aliphatic carboxylic acids is 1. The van der Waals surface area contributed by atoms with Gasteiger partial charge in [0.05, 0.1) is 5.56 Å². The van der Waals surface area contributed by atoms with Crippen molar-refractivity contribution in [1.29, 1.82) is 0 Å². The Bertz CT molecular complexity index is 1030. The molecule has 30 heavy (non-hydrogen) atoms. The molecule has 0 atom stereocenters. The molecule has 0 spiro atoms. The largest absolute Gasteiger partial charge is 0.550 e. The number of anilines is 2. The molecule has 2 amide bonds. The maximum atomic E-state index is 11.5. The van der Waals surface area contributed by atoms with Gasteiger partial charge in [-0.3, -0.25) is 9.59 Å². The summed E-state index contributed by atoms with van der Waals surface area (Å²) in [5, 5.41) is 14.9. The molecule has 1 heterocycles. The van der Waals surface area contributed by atoms with Gasteiger partial charge in [0, 0.05) is 36.3 Å². The van der Waals surface area contributed by atoms with E-state index in [0.29, 0.717) is 12.8 Å². The highest BCUT2D eigenvalue weighted by atomic mass is 16.4. The molecule has 1 aromatic heterocycles. The quantitative estimate of drug-likeness (QED) is 0.577. The van der Waals surface area contributed by atoms with Crippen LogP contribution in [0.3, 0.4) is 0 Å². The molecule has 8 nitrogen and oxygen atoms in total. The van der Waals surface area contributed by atoms with E-state index in [1.807, 2.05) is 56.3 Å². The molecule has 3 rings (SSSR count). The van der Waals surface area contributed by atoms with E-state index in [0.717, 1.165) is 33.8 Å². The highest BCUT2D eigenvalue weighted by Gasteiger charge is 2.13. The number of imidazole rings is 1. The average Bonchev–Trinajstić information content (AvgIpc) is 3.17. The molecule has 0 fully saturated rings. The van der Waals surface area contributed by atoms with Gasteiger partial charge in [0.2, 0.25) is 11.8 Å². The fourth-order valence-electron chi connectivity index (χ4n) is 2.50. The third kappa shape index (κ3) is 6.44. The number of fused-ring (bicyclic) bond motifs is 1. The summed E-state index contributed by atoms with van der Waals surface area (Å²) in [6.07, 6.45) is 1.01. The first-order valence-corrected chi connectivity index (χ1v) is 9.81. The van der Waals surface area contributed by atoms with Crippen LogP contribution in [0.1, 0.15) is 40.0 Å². The van der Waals surface area contributed by atoms with Crippen molar-refractivity contribution in [2.24, 2.45) is 0 Å². The van der Waals surface area contributed by atoms with Gasteiger partial charge in [-0.2, -0.15) is 0 Å². The topological polar surface area (TPSA) is 128 Å². The number of hydrogen-bond donors (Lipinski definition) is 3. The van der Waals surface area contributed by atoms with Gasteiger partial charge in [-0.05, 0) is 42.8 Å². The monoisotopic (exact) mass is 410 g/mol. The fraction of sp³-hybridized carbons (Fsp3) is 0.273. The summed E-state index contributed by atoms with van der Waals surface area (Å²) in [4.78, 5) is 38.8. The molecular weight excluding hydrogens is 384 g/mol. The number of carbonyl (C=O) groups excluding carboxylic acids is 3. The van der Waals surface area contributed by atoms with Crippen molar-refractivity contribution in [2.45, 2.75) is 40.0 Å². The van der Waals surface area contributed by atoms with E-state index in [2.05, 4.69) is 20.6 Å². The lowest BCUT2D eigenvalue weighted by molar-refractivity contribution is -0.330. The molecule has 0 aliphatic carbocycles. The van der Waals surface area contributed by atoms with Crippen LogP contribution in [0, 0.1) is 0 Å². The van der Waals surface area contributed by atoms with E-state index >= 15 is 0 Å². The van der Waals surface area contributed by atoms with E-state index in [1.165, 1.54) is 6.92 Å². The molecule has 0 aliphatic rings. The van der Waals surface area contributed by atoms with Crippen LogP contribution < -0.4 is 20.7 Å². The zero-order valence-corrected chi connectivity index (χ0v) is 17.3. The minimum atomic E-state index is -0.995. The molecule has 0 unspecified atom stereocenters. The predicted octanol–water partition coefficient (Wildman–Crippen LogP) is 2.49. The Morgan fingerprint density at radius 1 is 0.867 bits per heavy atom. The summed E-state index contributed by atoms with van der Waals surface area (Å²) in [5.74, 6) is -0.154. The number of nitrogens with one attached hydrogen (secondary N) is 4. The van der Waals surface area contributed by atoms with E-state index in [4.69, 9.17) is 0 Å². The van der Waals surface area contributed by atoms with E-state index in [1.54, 1.807) is 0 Å². The molecule has 0 saturated carbocycles. The smallest absolute Gasteiger partial charge is 0.285 e. The van der Waals surface area contributed by atoms with Crippen LogP contribution in [0.2, 0.25) is 0 Å². The van der Waals surface area contributed by atoms with Crippen molar-refractivity contribution in [1.82, 2.24) is 4.98 Å². The number of carboxylic acid groups (broad SMARTS) is 1. The van der Waals surface area contributed by atoms with Crippen LogP contribution in [0.4, 0.5) is 11.4 Å². The van der Waals surface area contributed by atoms with Crippen LogP contribution in [-0.4, -0.2) is 22.8 Å². The lowest BCUT2D eigenvalue weighted by atomic mass is 10.2. The minimum absolute atomic E-state index is 0.00780. The number of amides is 2. The zero-order chi connectivity index (χ0) is 22.1. The molecule has 3 aromatic rings. The van der Waals surface area contributed by atoms with Crippen LogP contribution >= 0.6 is 0 Å². The van der Waals surface area contributed by atoms with Gasteiger partial charge in [0.1, 0.15) is 0 Å². The zero-order valence-electron chi connectivity index (χ0n) is 17.3. The number of benzene rings is 2. The van der Waals surface area contributed by atoms with Gasteiger partial charge in [-0.15, -0.1) is 0 Å². The van der Waals surface area contributed by atoms with Crippen LogP contribution in [0.15, 0.2) is 42.5 Å². The molecule has 4 N–H and O–H groups in total. The van der Waals surface area contributed by atoms with E-state index in [9.17, 15) is 19.5 Å². The normalized spacial score (nSPS) is 10.1. The Labute approximate surface area is 174 Å². The van der Waals surface area contributed by atoms with Gasteiger partial charge < -0.3 is 20.5 Å². The van der Waals surface area contributed by atoms with Crippen LogP contribution in [0.5, 0.6) is 0 Å². The maximum absolute atomic E-state index is 11.5. The van der Waals surface area contributed by atoms with Gasteiger partial charge in [0.25, 0.3) is 5.82 Å². The molecule has 8 heteroatoms. The number of carbonyl (C=O) groups is 3. The number of aromatic nitrogens is 2. The standard InChI is InChI=1S/C19H20N4O2.C3H6O2/c1-3-17(24)20-13-7-5-12(6-8-13)19-22-15-10-9-14(11-16(15)23-19)21-18(25)4-2;1-2-3(4)5/h5-11H,3-4H2,1-2H3,(H,20,24)(H,21,25)(H,22,23);2H2,1H3,(H,4,5). The van der Waals surface area contributed by atoms with Crippen molar-refractivity contribution in [3.05, 3.63) is 42.5 Å². The number of hydrogen-bond acceptors (Lipinski definition) is 4. The van der Waals surface area contributed by atoms with Crippen molar-refractivity contribution in [3.8, 4) is 11.4 Å². The second-order valence-corrected chi connectivity index (χ2v) is 6.49. The number of H-pyrrole nitrogens is 2. The lowest BCUT2D eigenvalue weighted by Crippen LogP contribution is -2.19. The molecule has 2 aromatic carbocycles. The average molecular weight is 410 g/mol. The Balaban J connectivity index is 0.000000575. The van der Waals surface area contributed by atoms with Gasteiger partial charge in [0.15, 0.2) is 11.0 Å². The molecule has 0 radical (unpaired) electrons. The Morgan fingerprint density at radius 3 is 1.93 bits per heavy atom. The van der Waals surface area contributed by atoms with Crippen molar-refractivity contribution in [3.63, 3.8) is 0 Å². The summed E-state index contributed by atoms with van der Waals surface area (Å²) in [6, 6.07) is 13.3. The van der Waals surface area contributed by atoms with Gasteiger partial charge >= 0.3 is 0 Å². The van der Waals surface area contributed by atoms with E-state index in [-0.39, 0.29) is 18.2 Å². The molecular formula is C22H26N4O4. The van der Waals surface area contributed by atoms with Gasteiger partial charge in [-0.25, -0.2) is 9.97 Å². The predicted molar refractivity (Wildman–Crippen MR) is 113 cm³/mol.